The number of nitrogens with zero attached hydrogens (tertiary/aromatic N) is 1. The topological polar surface area (TPSA) is 134 Å². The maximum atomic E-state index is 14.1. The zero-order chi connectivity index (χ0) is 29.5. The third-order valence-electron chi connectivity index (χ3n) is 9.60. The number of amides is 3. The zero-order valence-corrected chi connectivity index (χ0v) is 24.5. The first-order valence-electron chi connectivity index (χ1n) is 15.1. The number of rotatable bonds is 3. The molecule has 3 aliphatic heterocycles. The van der Waals surface area contributed by atoms with Crippen LogP contribution in [0, 0.1) is 11.7 Å². The number of ether oxygens (including phenoxy) is 1. The molecule has 1 spiro atoms. The number of fused-ring (bicyclic) bond motifs is 2. The fourth-order valence-electron chi connectivity index (χ4n) is 6.62. The van der Waals surface area contributed by atoms with E-state index in [9.17, 15) is 27.2 Å². The Kier molecular flexibility index (Phi) is 7.80. The van der Waals surface area contributed by atoms with Crippen molar-refractivity contribution in [3.05, 3.63) is 47.3 Å². The molecule has 6 rings (SSSR count). The summed E-state index contributed by atoms with van der Waals surface area (Å²) in [5, 5.41) is 5.93. The van der Waals surface area contributed by atoms with Gasteiger partial charge >= 0.3 is 6.09 Å². The van der Waals surface area contributed by atoms with Crippen molar-refractivity contribution in [3.8, 4) is 0 Å². The second-order valence-electron chi connectivity index (χ2n) is 12.6. The van der Waals surface area contributed by atoms with Gasteiger partial charge in [0.05, 0.1) is 17.3 Å². The Morgan fingerprint density at radius 1 is 1.07 bits per heavy atom. The Hall–Kier alpha value is -2.99. The van der Waals surface area contributed by atoms with Crippen molar-refractivity contribution < 1.29 is 31.9 Å². The molecule has 5 aliphatic rings. The first-order valence-corrected chi connectivity index (χ1v) is 16.6. The molecule has 1 aromatic rings. The van der Waals surface area contributed by atoms with Crippen LogP contribution in [-0.2, 0) is 37.4 Å². The molecule has 12 heteroatoms. The molecule has 0 bridgehead atoms. The summed E-state index contributed by atoms with van der Waals surface area (Å²) in [5.74, 6) is -1.78. The van der Waals surface area contributed by atoms with Gasteiger partial charge in [0.1, 0.15) is 17.5 Å². The van der Waals surface area contributed by atoms with Crippen molar-refractivity contribution in [2.24, 2.45) is 5.92 Å². The van der Waals surface area contributed by atoms with Gasteiger partial charge in [-0.3, -0.25) is 19.2 Å². The molecule has 3 amide bonds. The van der Waals surface area contributed by atoms with E-state index in [1.165, 1.54) is 11.0 Å². The molecule has 1 saturated heterocycles. The summed E-state index contributed by atoms with van der Waals surface area (Å²) in [7, 11) is -3.88. The van der Waals surface area contributed by atoms with Crippen LogP contribution >= 0.6 is 0 Å². The molecule has 3 N–H and O–H groups in total. The molecule has 2 saturated carbocycles. The number of hydrogen-bond acceptors (Lipinski definition) is 7. The van der Waals surface area contributed by atoms with Crippen LogP contribution in [0.5, 0.6) is 0 Å². The van der Waals surface area contributed by atoms with Crippen LogP contribution < -0.4 is 15.4 Å². The number of sulfonamides is 1. The summed E-state index contributed by atoms with van der Waals surface area (Å²) in [5.41, 5.74) is -0.110. The molecule has 10 nitrogen and oxygen atoms in total. The molecule has 228 valence electrons. The second kappa shape index (κ2) is 11.3. The zero-order valence-electron chi connectivity index (χ0n) is 23.7. The minimum Gasteiger partial charge on any atom is -0.445 e. The first kappa shape index (κ1) is 29.1. The van der Waals surface area contributed by atoms with Gasteiger partial charge in [-0.1, -0.05) is 50.0 Å². The highest BCUT2D eigenvalue weighted by molar-refractivity contribution is 7.91. The molecular formula is C30H39FN4O6S. The number of carbonyl (C=O) groups excluding carboxylic acids is 3. The molecule has 42 heavy (non-hydrogen) atoms. The molecule has 2 aliphatic carbocycles. The number of benzene rings is 1. The molecule has 1 aromatic carbocycles. The van der Waals surface area contributed by atoms with Crippen molar-refractivity contribution in [1.82, 2.24) is 20.3 Å². The van der Waals surface area contributed by atoms with Crippen molar-refractivity contribution in [3.63, 3.8) is 0 Å². The molecule has 0 radical (unpaired) electrons. The average molecular weight is 603 g/mol. The summed E-state index contributed by atoms with van der Waals surface area (Å²) < 4.78 is 47.7. The van der Waals surface area contributed by atoms with Crippen molar-refractivity contribution >= 4 is 27.9 Å². The fraction of sp³-hybridized carbons (Fsp3) is 0.633. The Labute approximate surface area is 245 Å². The molecule has 0 unspecified atom stereocenters. The number of halogens is 1. The van der Waals surface area contributed by atoms with E-state index in [2.05, 4.69) is 15.4 Å². The quantitative estimate of drug-likeness (QED) is 0.453. The van der Waals surface area contributed by atoms with E-state index < -0.39 is 50.4 Å². The van der Waals surface area contributed by atoms with Gasteiger partial charge in [-0.25, -0.2) is 17.6 Å². The lowest BCUT2D eigenvalue weighted by atomic mass is 10.1. The number of carbonyl (C=O) groups is 3. The average Bonchev–Trinajstić information content (AvgIpc) is 3.76. The number of nitrogens with one attached hydrogen (secondary N) is 3. The van der Waals surface area contributed by atoms with Gasteiger partial charge in [0.25, 0.3) is 5.91 Å². The Morgan fingerprint density at radius 2 is 1.86 bits per heavy atom. The third-order valence-corrected chi connectivity index (χ3v) is 11.8. The molecule has 3 fully saturated rings. The minimum absolute atomic E-state index is 0.127. The molecular weight excluding hydrogens is 563 g/mol. The predicted molar refractivity (Wildman–Crippen MR) is 152 cm³/mol. The standard InChI is InChI=1S/C30H39FN4O6S/c31-24-11-8-9-20-18-35(19-23(20)24)28(38)41-22-15-25(32-17-22)26(36)33-30-16-21(30)10-6-4-2-1-3-5-7-12-29(13-14-29)42(39,40)34-27(30)37/h6,8-11,21-22,25,32H,1-5,7,12-19H2,(H,33,36)(H,34,37)/t21-,22-,25+,30-/m1/s1. The summed E-state index contributed by atoms with van der Waals surface area (Å²) in [6.45, 7) is 0.632. The van der Waals surface area contributed by atoms with E-state index >= 15 is 0 Å². The normalized spacial score (nSPS) is 31.7. The first-order chi connectivity index (χ1) is 20.1. The monoisotopic (exact) mass is 602 g/mol. The van der Waals surface area contributed by atoms with Crippen LogP contribution in [0.1, 0.15) is 81.8 Å². The summed E-state index contributed by atoms with van der Waals surface area (Å²) in [6.07, 6.45) is 10.8. The minimum atomic E-state index is -3.88. The van der Waals surface area contributed by atoms with Gasteiger partial charge in [0.2, 0.25) is 15.9 Å². The van der Waals surface area contributed by atoms with Crippen LogP contribution in [-0.4, -0.2) is 60.2 Å². The second-order valence-corrected chi connectivity index (χ2v) is 14.6. The van der Waals surface area contributed by atoms with Gasteiger partial charge in [0, 0.05) is 31.0 Å². The smallest absolute Gasteiger partial charge is 0.410 e. The van der Waals surface area contributed by atoms with Crippen LogP contribution in [0.15, 0.2) is 30.4 Å². The van der Waals surface area contributed by atoms with Crippen LogP contribution in [0.4, 0.5) is 9.18 Å². The lowest BCUT2D eigenvalue weighted by Crippen LogP contribution is -2.56. The van der Waals surface area contributed by atoms with E-state index in [0.717, 1.165) is 44.1 Å². The third kappa shape index (κ3) is 5.67. The van der Waals surface area contributed by atoms with Crippen LogP contribution in [0.2, 0.25) is 0 Å². The Balaban J connectivity index is 1.08. The lowest BCUT2D eigenvalue weighted by Gasteiger charge is -2.23. The highest BCUT2D eigenvalue weighted by Crippen LogP contribution is 2.49. The highest BCUT2D eigenvalue weighted by Gasteiger charge is 2.63. The van der Waals surface area contributed by atoms with Gasteiger partial charge in [-0.05, 0) is 50.2 Å². The SMILES string of the molecule is O=C(N[C@]12C[C@H]1C=CCCCCCCCC1(CC1)S(=O)(=O)NC2=O)[C@@H]1C[C@@H](OC(=O)N2Cc3cccc(F)c3C2)CN1. The van der Waals surface area contributed by atoms with E-state index in [0.29, 0.717) is 31.2 Å². The van der Waals surface area contributed by atoms with E-state index in [1.54, 1.807) is 12.1 Å². The summed E-state index contributed by atoms with van der Waals surface area (Å²) in [6, 6.07) is 4.04. The van der Waals surface area contributed by atoms with Crippen LogP contribution in [0.25, 0.3) is 0 Å². The predicted octanol–water partition coefficient (Wildman–Crippen LogP) is 3.16. The molecule has 3 heterocycles. The maximum absolute atomic E-state index is 14.1. The Morgan fingerprint density at radius 3 is 2.64 bits per heavy atom. The van der Waals surface area contributed by atoms with E-state index in [1.807, 2.05) is 12.2 Å². The number of allylic oxidation sites excluding steroid dienone is 1. The molecule has 4 atom stereocenters. The maximum Gasteiger partial charge on any atom is 0.410 e. The van der Waals surface area contributed by atoms with Crippen molar-refractivity contribution in [2.75, 3.05) is 6.54 Å². The fourth-order valence-corrected chi connectivity index (χ4v) is 8.32. The highest BCUT2D eigenvalue weighted by atomic mass is 32.2. The summed E-state index contributed by atoms with van der Waals surface area (Å²) >= 11 is 0. The van der Waals surface area contributed by atoms with Gasteiger partial charge < -0.3 is 15.4 Å². The van der Waals surface area contributed by atoms with Gasteiger partial charge in [-0.2, -0.15) is 0 Å². The Bertz CT molecular complexity index is 1400. The number of hydrogen-bond donors (Lipinski definition) is 3. The molecule has 0 aromatic heterocycles. The van der Waals surface area contributed by atoms with Crippen molar-refractivity contribution in [1.29, 1.82) is 0 Å². The largest absolute Gasteiger partial charge is 0.445 e. The summed E-state index contributed by atoms with van der Waals surface area (Å²) in [4.78, 5) is 41.1. The van der Waals surface area contributed by atoms with Crippen LogP contribution in [0.3, 0.4) is 0 Å². The lowest BCUT2D eigenvalue weighted by molar-refractivity contribution is -0.130. The van der Waals surface area contributed by atoms with Gasteiger partial charge in [0.15, 0.2) is 0 Å². The van der Waals surface area contributed by atoms with E-state index in [4.69, 9.17) is 4.74 Å². The van der Waals surface area contributed by atoms with Crippen molar-refractivity contribution in [2.45, 2.75) is 106 Å². The van der Waals surface area contributed by atoms with Gasteiger partial charge in [-0.15, -0.1) is 0 Å². The van der Waals surface area contributed by atoms with E-state index in [-0.39, 0.29) is 37.8 Å².